The van der Waals surface area contributed by atoms with Crippen molar-refractivity contribution in [3.05, 3.63) is 41.3 Å². The summed E-state index contributed by atoms with van der Waals surface area (Å²) in [4.78, 5) is 8.83. The van der Waals surface area contributed by atoms with Gasteiger partial charge < -0.3 is 20.1 Å². The van der Waals surface area contributed by atoms with E-state index in [1.165, 1.54) is 6.20 Å². The van der Waals surface area contributed by atoms with Crippen LogP contribution in [0, 0.1) is 0 Å². The Bertz CT molecular complexity index is 662. The van der Waals surface area contributed by atoms with Crippen molar-refractivity contribution in [3.63, 3.8) is 0 Å². The van der Waals surface area contributed by atoms with Crippen LogP contribution in [-0.2, 0) is 21.5 Å². The monoisotopic (exact) mass is 345 g/mol. The number of aromatic nitrogens is 1. The van der Waals surface area contributed by atoms with Crippen molar-refractivity contribution in [3.8, 4) is 0 Å². The molecule has 0 radical (unpaired) electrons. The molecule has 1 saturated heterocycles. The third kappa shape index (κ3) is 4.48. The minimum absolute atomic E-state index is 0.376. The second-order valence-corrected chi connectivity index (χ2v) is 7.80. The molecule has 1 aliphatic rings. The van der Waals surface area contributed by atoms with E-state index in [-0.39, 0.29) is 0 Å². The molecule has 1 aromatic heterocycles. The molecule has 0 amide bonds. The van der Waals surface area contributed by atoms with Crippen LogP contribution in [0.1, 0.15) is 52.9 Å². The van der Waals surface area contributed by atoms with Gasteiger partial charge in [0.2, 0.25) is 0 Å². The highest BCUT2D eigenvalue weighted by atomic mass is 16.7. The Kier molecular flexibility index (Phi) is 5.42. The minimum Gasteiger partial charge on any atom is -0.405 e. The van der Waals surface area contributed by atoms with Gasteiger partial charge in [-0.2, -0.15) is 0 Å². The summed E-state index contributed by atoms with van der Waals surface area (Å²) in [7, 11) is -0.547. The second-order valence-electron chi connectivity index (χ2n) is 7.80. The van der Waals surface area contributed by atoms with Crippen molar-refractivity contribution in [1.82, 2.24) is 4.98 Å². The fourth-order valence-electron chi connectivity index (χ4n) is 2.31. The maximum Gasteiger partial charge on any atom is 0.497 e. The summed E-state index contributed by atoms with van der Waals surface area (Å²) in [6.07, 6.45) is 3.10. The highest BCUT2D eigenvalue weighted by Crippen LogP contribution is 2.38. The van der Waals surface area contributed by atoms with Gasteiger partial charge in [0, 0.05) is 11.7 Å². The number of nitrogens with zero attached hydrogens (tertiary/aromatic N) is 2. The molecule has 0 bridgehead atoms. The molecule has 1 fully saturated rings. The van der Waals surface area contributed by atoms with Crippen LogP contribution in [0.25, 0.3) is 0 Å². The van der Waals surface area contributed by atoms with Crippen molar-refractivity contribution in [2.75, 3.05) is 0 Å². The lowest BCUT2D eigenvalue weighted by molar-refractivity contribution is 0.00578. The zero-order chi connectivity index (χ0) is 18.9. The SMILES string of the molecule is CC(C)(O)c1cccc(CN=CC(=CN)B2OC(C)(C)C(C)(C)O2)n1. The lowest BCUT2D eigenvalue weighted by Crippen LogP contribution is -2.41. The highest BCUT2D eigenvalue weighted by Gasteiger charge is 2.52. The van der Waals surface area contributed by atoms with Gasteiger partial charge in [0.15, 0.2) is 0 Å². The van der Waals surface area contributed by atoms with E-state index in [2.05, 4.69) is 9.98 Å². The molecule has 1 aliphatic heterocycles. The first kappa shape index (κ1) is 19.6. The van der Waals surface area contributed by atoms with Crippen LogP contribution in [0.4, 0.5) is 0 Å². The Morgan fingerprint density at radius 3 is 2.40 bits per heavy atom. The third-order valence-electron chi connectivity index (χ3n) is 4.65. The molecule has 3 N–H and O–H groups in total. The van der Waals surface area contributed by atoms with Gasteiger partial charge in [0.25, 0.3) is 0 Å². The fraction of sp³-hybridized carbons (Fsp3) is 0.556. The van der Waals surface area contributed by atoms with Gasteiger partial charge >= 0.3 is 7.12 Å². The lowest BCUT2D eigenvalue weighted by Gasteiger charge is -2.32. The topological polar surface area (TPSA) is 90.0 Å². The first-order valence-corrected chi connectivity index (χ1v) is 8.42. The quantitative estimate of drug-likeness (QED) is 0.632. The summed E-state index contributed by atoms with van der Waals surface area (Å²) >= 11 is 0. The fourth-order valence-corrected chi connectivity index (χ4v) is 2.31. The molecular weight excluding hydrogens is 317 g/mol. The first-order valence-electron chi connectivity index (χ1n) is 8.42. The summed E-state index contributed by atoms with van der Waals surface area (Å²) in [6, 6.07) is 5.52. The standard InChI is InChI=1S/C18H28BN3O3/c1-16(2,23)15-9-7-8-14(22-15)12-21-11-13(10-20)19-24-17(3,4)18(5,6)25-19/h7-11,23H,12,20H2,1-6H3. The molecule has 0 atom stereocenters. The predicted octanol–water partition coefficient (Wildman–Crippen LogP) is 2.35. The summed E-state index contributed by atoms with van der Waals surface area (Å²) < 4.78 is 11.9. The zero-order valence-electron chi connectivity index (χ0n) is 15.9. The van der Waals surface area contributed by atoms with E-state index in [4.69, 9.17) is 15.0 Å². The van der Waals surface area contributed by atoms with Crippen molar-refractivity contribution in [1.29, 1.82) is 0 Å². The van der Waals surface area contributed by atoms with E-state index < -0.39 is 23.9 Å². The molecule has 0 spiro atoms. The number of aliphatic hydroxyl groups is 1. The summed E-state index contributed by atoms with van der Waals surface area (Å²) in [5, 5.41) is 10.0. The molecule has 2 heterocycles. The molecule has 0 unspecified atom stereocenters. The first-order chi connectivity index (χ1) is 11.5. The molecule has 0 saturated carbocycles. The maximum absolute atomic E-state index is 10.0. The Labute approximate surface area is 150 Å². The molecule has 0 aliphatic carbocycles. The molecule has 1 aromatic rings. The van der Waals surface area contributed by atoms with Crippen molar-refractivity contribution in [2.45, 2.75) is 64.9 Å². The van der Waals surface area contributed by atoms with Gasteiger partial charge in [-0.05, 0) is 59.9 Å². The van der Waals surface area contributed by atoms with E-state index in [9.17, 15) is 5.11 Å². The molecular formula is C18H28BN3O3. The largest absolute Gasteiger partial charge is 0.497 e. The summed E-state index contributed by atoms with van der Waals surface area (Å²) in [5.74, 6) is 0. The number of nitrogens with two attached hydrogens (primary N) is 1. The normalized spacial score (nSPS) is 20.4. The highest BCUT2D eigenvalue weighted by molar-refractivity contribution is 6.60. The molecule has 25 heavy (non-hydrogen) atoms. The number of hydrogen-bond acceptors (Lipinski definition) is 6. The molecule has 6 nitrogen and oxygen atoms in total. The molecule has 2 rings (SSSR count). The van der Waals surface area contributed by atoms with E-state index in [0.717, 1.165) is 5.69 Å². The van der Waals surface area contributed by atoms with Gasteiger partial charge in [0.05, 0.1) is 29.1 Å². The van der Waals surface area contributed by atoms with E-state index >= 15 is 0 Å². The van der Waals surface area contributed by atoms with Gasteiger partial charge in [0.1, 0.15) is 5.60 Å². The Morgan fingerprint density at radius 2 is 1.88 bits per heavy atom. The van der Waals surface area contributed by atoms with E-state index in [1.807, 2.05) is 39.8 Å². The molecule has 7 heteroatoms. The van der Waals surface area contributed by atoms with Crippen molar-refractivity contribution < 1.29 is 14.4 Å². The van der Waals surface area contributed by atoms with Gasteiger partial charge in [-0.1, -0.05) is 6.07 Å². The third-order valence-corrected chi connectivity index (χ3v) is 4.65. The van der Waals surface area contributed by atoms with Crippen molar-refractivity contribution in [2.24, 2.45) is 10.7 Å². The van der Waals surface area contributed by atoms with Crippen LogP contribution in [0.2, 0.25) is 0 Å². The van der Waals surface area contributed by atoms with Crippen LogP contribution in [0.5, 0.6) is 0 Å². The average molecular weight is 345 g/mol. The number of pyridine rings is 1. The lowest BCUT2D eigenvalue weighted by atomic mass is 9.79. The predicted molar refractivity (Wildman–Crippen MR) is 100 cm³/mol. The molecule has 136 valence electrons. The van der Waals surface area contributed by atoms with Crippen LogP contribution >= 0.6 is 0 Å². The Morgan fingerprint density at radius 1 is 1.28 bits per heavy atom. The maximum atomic E-state index is 10.0. The van der Waals surface area contributed by atoms with Gasteiger partial charge in [-0.25, -0.2) is 0 Å². The van der Waals surface area contributed by atoms with E-state index in [0.29, 0.717) is 17.7 Å². The zero-order valence-corrected chi connectivity index (χ0v) is 15.9. The average Bonchev–Trinajstić information content (AvgIpc) is 2.71. The summed E-state index contributed by atoms with van der Waals surface area (Å²) in [6.45, 7) is 11.7. The van der Waals surface area contributed by atoms with E-state index in [1.54, 1.807) is 26.1 Å². The van der Waals surface area contributed by atoms with Crippen LogP contribution < -0.4 is 5.73 Å². The number of rotatable bonds is 5. The number of aliphatic imine (C=N–C) groups is 1. The Balaban J connectivity index is 2.06. The summed E-state index contributed by atoms with van der Waals surface area (Å²) in [5.41, 5.74) is 5.93. The van der Waals surface area contributed by atoms with Crippen LogP contribution in [0.3, 0.4) is 0 Å². The van der Waals surface area contributed by atoms with Crippen molar-refractivity contribution >= 4 is 13.3 Å². The molecule has 0 aromatic carbocycles. The Hall–Kier alpha value is -1.70. The number of hydrogen-bond donors (Lipinski definition) is 2. The minimum atomic E-state index is -0.981. The van der Waals surface area contributed by atoms with Gasteiger partial charge in [-0.3, -0.25) is 9.98 Å². The second kappa shape index (κ2) is 6.90. The van der Waals surface area contributed by atoms with Crippen LogP contribution in [0.15, 0.2) is 34.9 Å². The van der Waals surface area contributed by atoms with Gasteiger partial charge in [-0.15, -0.1) is 0 Å². The smallest absolute Gasteiger partial charge is 0.405 e. The number of allylic oxidation sites excluding steroid dienone is 1. The van der Waals surface area contributed by atoms with Crippen LogP contribution in [-0.4, -0.2) is 34.6 Å².